The van der Waals surface area contributed by atoms with Crippen molar-refractivity contribution < 1.29 is 18.3 Å². The zero-order valence-corrected chi connectivity index (χ0v) is 7.89. The van der Waals surface area contributed by atoms with E-state index in [4.69, 9.17) is 10.6 Å². The lowest BCUT2D eigenvalue weighted by Crippen LogP contribution is -2.08. The Balaban J connectivity index is 2.98. The number of hydrogen-bond acceptors (Lipinski definition) is 3. The van der Waals surface area contributed by atoms with Gasteiger partial charge in [0.15, 0.2) is 0 Å². The lowest BCUT2D eigenvalue weighted by Gasteiger charge is -2.09. The first kappa shape index (κ1) is 12.3. The van der Waals surface area contributed by atoms with Gasteiger partial charge in [-0.3, -0.25) is 4.98 Å². The fourth-order valence-corrected chi connectivity index (χ4v) is 1.02. The van der Waals surface area contributed by atoms with Gasteiger partial charge in [-0.2, -0.15) is 13.2 Å². The van der Waals surface area contributed by atoms with Crippen LogP contribution in [0.5, 0.6) is 0 Å². The van der Waals surface area contributed by atoms with E-state index < -0.39 is 24.4 Å². The Labute approximate surface area is 88.2 Å². The number of pyridine rings is 1. The minimum atomic E-state index is -4.46. The van der Waals surface area contributed by atoms with Gasteiger partial charge in [0, 0.05) is 11.1 Å². The van der Waals surface area contributed by atoms with Gasteiger partial charge in [-0.1, -0.05) is 5.11 Å². The van der Waals surface area contributed by atoms with Crippen molar-refractivity contribution in [1.29, 1.82) is 0 Å². The predicted octanol–water partition coefficient (Wildman–Crippen LogP) is 2.44. The summed E-state index contributed by atoms with van der Waals surface area (Å²) in [5, 5.41) is 12.0. The highest BCUT2D eigenvalue weighted by Crippen LogP contribution is 2.29. The van der Waals surface area contributed by atoms with Gasteiger partial charge in [0.2, 0.25) is 0 Å². The highest BCUT2D eigenvalue weighted by atomic mass is 19.4. The van der Waals surface area contributed by atoms with Crippen molar-refractivity contribution in [3.05, 3.63) is 40.0 Å². The molecule has 0 saturated heterocycles. The number of hydrogen-bond donors (Lipinski definition) is 1. The Kier molecular flexibility index (Phi) is 3.70. The van der Waals surface area contributed by atoms with E-state index in [1.807, 2.05) is 0 Å². The summed E-state index contributed by atoms with van der Waals surface area (Å²) in [6.07, 6.45) is -3.83. The maximum absolute atomic E-state index is 12.2. The van der Waals surface area contributed by atoms with Gasteiger partial charge in [0.25, 0.3) is 0 Å². The van der Waals surface area contributed by atoms with E-state index in [2.05, 4.69) is 15.0 Å². The van der Waals surface area contributed by atoms with Gasteiger partial charge >= 0.3 is 6.18 Å². The van der Waals surface area contributed by atoms with Gasteiger partial charge < -0.3 is 5.11 Å². The number of aliphatic hydroxyl groups excluding tert-OH is 1. The third-order valence-corrected chi connectivity index (χ3v) is 1.82. The molecule has 16 heavy (non-hydrogen) atoms. The Morgan fingerprint density at radius 2 is 2.19 bits per heavy atom. The average molecular weight is 232 g/mol. The first-order chi connectivity index (χ1) is 7.49. The lowest BCUT2D eigenvalue weighted by atomic mass is 10.2. The molecule has 1 unspecified atom stereocenters. The largest absolute Gasteiger partial charge is 0.417 e. The third-order valence-electron chi connectivity index (χ3n) is 1.82. The SMILES string of the molecule is [N-]=[N+]=NC(CO)c1ccc(C(F)(F)F)cn1. The molecule has 1 aromatic rings. The standard InChI is InChI=1S/C8H7F3N4O/c9-8(10,11)5-1-2-6(13-3-5)7(4-16)14-15-12/h1-3,7,16H,4H2. The summed E-state index contributed by atoms with van der Waals surface area (Å²) in [5.41, 5.74) is 7.35. The Hall–Kier alpha value is -1.79. The number of rotatable bonds is 3. The molecule has 0 bridgehead atoms. The van der Waals surface area contributed by atoms with Crippen molar-refractivity contribution in [3.8, 4) is 0 Å². The van der Waals surface area contributed by atoms with Gasteiger partial charge in [-0.05, 0) is 17.7 Å². The summed E-state index contributed by atoms with van der Waals surface area (Å²) < 4.78 is 36.5. The molecule has 0 saturated carbocycles. The molecule has 0 aromatic carbocycles. The summed E-state index contributed by atoms with van der Waals surface area (Å²) in [5.74, 6) is 0. The summed E-state index contributed by atoms with van der Waals surface area (Å²) in [6.45, 7) is -0.511. The predicted molar refractivity (Wildman–Crippen MR) is 48.2 cm³/mol. The summed E-state index contributed by atoms with van der Waals surface area (Å²) in [4.78, 5) is 5.95. The lowest BCUT2D eigenvalue weighted by molar-refractivity contribution is -0.137. The zero-order chi connectivity index (χ0) is 12.2. The summed E-state index contributed by atoms with van der Waals surface area (Å²) >= 11 is 0. The zero-order valence-electron chi connectivity index (χ0n) is 7.89. The highest BCUT2D eigenvalue weighted by molar-refractivity contribution is 5.19. The van der Waals surface area contributed by atoms with Crippen LogP contribution in [0.25, 0.3) is 10.4 Å². The maximum atomic E-state index is 12.2. The molecule has 1 N–H and O–H groups in total. The molecule has 86 valence electrons. The molecule has 0 amide bonds. The van der Waals surface area contributed by atoms with Crippen LogP contribution in [-0.2, 0) is 6.18 Å². The normalized spacial score (nSPS) is 13.0. The second-order valence-corrected chi connectivity index (χ2v) is 2.87. The monoisotopic (exact) mass is 232 g/mol. The van der Waals surface area contributed by atoms with Crippen molar-refractivity contribution in [3.63, 3.8) is 0 Å². The van der Waals surface area contributed by atoms with Crippen LogP contribution in [0.2, 0.25) is 0 Å². The van der Waals surface area contributed by atoms with Crippen molar-refractivity contribution in [2.24, 2.45) is 5.11 Å². The molecule has 1 rings (SSSR count). The molecule has 0 aliphatic rings. The van der Waals surface area contributed by atoms with Crippen LogP contribution in [0.3, 0.4) is 0 Å². The van der Waals surface area contributed by atoms with Crippen LogP contribution in [0.15, 0.2) is 23.4 Å². The minimum absolute atomic E-state index is 0.0910. The minimum Gasteiger partial charge on any atom is -0.396 e. The first-order valence-electron chi connectivity index (χ1n) is 4.17. The van der Waals surface area contributed by atoms with Gasteiger partial charge in [-0.15, -0.1) is 0 Å². The van der Waals surface area contributed by atoms with Crippen LogP contribution in [0.4, 0.5) is 13.2 Å². The fraction of sp³-hybridized carbons (Fsp3) is 0.375. The third kappa shape index (κ3) is 2.85. The molecular weight excluding hydrogens is 225 g/mol. The number of alkyl halides is 3. The van der Waals surface area contributed by atoms with Gasteiger partial charge in [0.1, 0.15) is 6.04 Å². The van der Waals surface area contributed by atoms with Crippen LogP contribution in [0, 0.1) is 0 Å². The van der Waals surface area contributed by atoms with E-state index in [9.17, 15) is 13.2 Å². The number of halogens is 3. The smallest absolute Gasteiger partial charge is 0.396 e. The Morgan fingerprint density at radius 1 is 1.50 bits per heavy atom. The molecule has 0 fully saturated rings. The van der Waals surface area contributed by atoms with Crippen LogP contribution in [0.1, 0.15) is 17.3 Å². The number of nitrogens with zero attached hydrogens (tertiary/aromatic N) is 4. The number of aromatic nitrogens is 1. The van der Waals surface area contributed by atoms with E-state index in [-0.39, 0.29) is 5.69 Å². The van der Waals surface area contributed by atoms with Crippen LogP contribution >= 0.6 is 0 Å². The van der Waals surface area contributed by atoms with Crippen molar-refractivity contribution in [2.75, 3.05) is 6.61 Å². The quantitative estimate of drug-likeness (QED) is 0.493. The second-order valence-electron chi connectivity index (χ2n) is 2.87. The van der Waals surface area contributed by atoms with E-state index in [1.165, 1.54) is 0 Å². The molecule has 0 aliphatic carbocycles. The molecule has 1 heterocycles. The van der Waals surface area contributed by atoms with Gasteiger partial charge in [0.05, 0.1) is 17.9 Å². The van der Waals surface area contributed by atoms with Crippen LogP contribution < -0.4 is 0 Å². The summed E-state index contributed by atoms with van der Waals surface area (Å²) in [7, 11) is 0. The molecule has 8 heteroatoms. The topological polar surface area (TPSA) is 81.9 Å². The molecule has 1 atom stereocenters. The first-order valence-corrected chi connectivity index (χ1v) is 4.17. The molecule has 0 aliphatic heterocycles. The fourth-order valence-electron chi connectivity index (χ4n) is 1.02. The van der Waals surface area contributed by atoms with E-state index in [0.29, 0.717) is 6.20 Å². The van der Waals surface area contributed by atoms with Crippen molar-refractivity contribution in [1.82, 2.24) is 4.98 Å². The van der Waals surface area contributed by atoms with Crippen LogP contribution in [-0.4, -0.2) is 16.7 Å². The van der Waals surface area contributed by atoms with E-state index in [0.717, 1.165) is 12.1 Å². The Morgan fingerprint density at radius 3 is 2.56 bits per heavy atom. The number of aliphatic hydroxyl groups is 1. The van der Waals surface area contributed by atoms with Gasteiger partial charge in [-0.25, -0.2) is 0 Å². The van der Waals surface area contributed by atoms with Crippen molar-refractivity contribution in [2.45, 2.75) is 12.2 Å². The molecule has 1 aromatic heterocycles. The highest BCUT2D eigenvalue weighted by Gasteiger charge is 2.30. The van der Waals surface area contributed by atoms with Crippen molar-refractivity contribution >= 4 is 0 Å². The maximum Gasteiger partial charge on any atom is 0.417 e. The second kappa shape index (κ2) is 4.82. The summed E-state index contributed by atoms with van der Waals surface area (Å²) in [6, 6.07) is 0.920. The Bertz CT molecular complexity index is 397. The number of azide groups is 1. The molecule has 5 nitrogen and oxygen atoms in total. The van der Waals surface area contributed by atoms with E-state index >= 15 is 0 Å². The molecule has 0 spiro atoms. The van der Waals surface area contributed by atoms with E-state index in [1.54, 1.807) is 0 Å². The average Bonchev–Trinajstić information content (AvgIpc) is 2.25. The molecular formula is C8H7F3N4O. The molecule has 0 radical (unpaired) electrons.